The maximum absolute atomic E-state index is 12.6. The van der Waals surface area contributed by atoms with Gasteiger partial charge in [0, 0.05) is 31.3 Å². The van der Waals surface area contributed by atoms with E-state index < -0.39 is 0 Å². The molecule has 3 heterocycles. The van der Waals surface area contributed by atoms with Crippen LogP contribution >= 0.6 is 0 Å². The number of fused-ring (bicyclic) bond motifs is 1. The van der Waals surface area contributed by atoms with Gasteiger partial charge in [-0.3, -0.25) is 4.79 Å². The summed E-state index contributed by atoms with van der Waals surface area (Å²) in [7, 11) is 1.96. The second-order valence-electron chi connectivity index (χ2n) is 7.69. The Bertz CT molecular complexity index is 1240. The van der Waals surface area contributed by atoms with Crippen molar-refractivity contribution < 1.29 is 9.32 Å². The van der Waals surface area contributed by atoms with Gasteiger partial charge in [-0.15, -0.1) is 0 Å². The molecule has 4 aromatic rings. The van der Waals surface area contributed by atoms with Crippen LogP contribution in [0.25, 0.3) is 22.4 Å². The average molecular weight is 387 g/mol. The number of imidazole rings is 1. The molecule has 0 N–H and O–H groups in total. The lowest BCUT2D eigenvalue weighted by atomic mass is 10.1. The van der Waals surface area contributed by atoms with Crippen LogP contribution < -0.4 is 4.90 Å². The van der Waals surface area contributed by atoms with E-state index in [1.807, 2.05) is 41.9 Å². The summed E-state index contributed by atoms with van der Waals surface area (Å²) >= 11 is 0. The Balaban J connectivity index is 1.40. The molecule has 0 saturated carbocycles. The van der Waals surface area contributed by atoms with Crippen molar-refractivity contribution in [3.8, 4) is 11.4 Å². The Kier molecular flexibility index (Phi) is 3.97. The molecule has 2 aromatic heterocycles. The van der Waals surface area contributed by atoms with Gasteiger partial charge in [0.25, 0.3) is 0 Å². The van der Waals surface area contributed by atoms with E-state index in [1.165, 1.54) is 11.1 Å². The molecule has 1 atom stereocenters. The minimum Gasteiger partial charge on any atom is -0.339 e. The van der Waals surface area contributed by atoms with Crippen LogP contribution in [0.5, 0.6) is 0 Å². The molecule has 2 aromatic carbocycles. The predicted molar refractivity (Wildman–Crippen MR) is 110 cm³/mol. The fourth-order valence-electron chi connectivity index (χ4n) is 3.81. The smallest absolute Gasteiger partial charge is 0.232 e. The summed E-state index contributed by atoms with van der Waals surface area (Å²) in [6, 6.07) is 12.0. The van der Waals surface area contributed by atoms with Gasteiger partial charge in [-0.25, -0.2) is 4.98 Å². The molecule has 146 valence electrons. The first-order valence-corrected chi connectivity index (χ1v) is 9.62. The van der Waals surface area contributed by atoms with E-state index in [2.05, 4.69) is 35.0 Å². The van der Waals surface area contributed by atoms with E-state index in [4.69, 9.17) is 4.52 Å². The van der Waals surface area contributed by atoms with Gasteiger partial charge < -0.3 is 14.0 Å². The molecule has 0 bridgehead atoms. The van der Waals surface area contributed by atoms with Gasteiger partial charge in [0.1, 0.15) is 0 Å². The Labute approximate surface area is 168 Å². The van der Waals surface area contributed by atoms with Gasteiger partial charge in [0.2, 0.25) is 17.6 Å². The molecule has 7 nitrogen and oxygen atoms in total. The molecule has 7 heteroatoms. The number of amides is 1. The highest BCUT2D eigenvalue weighted by molar-refractivity contribution is 5.96. The van der Waals surface area contributed by atoms with E-state index in [-0.39, 0.29) is 11.8 Å². The van der Waals surface area contributed by atoms with Crippen LogP contribution in [0.4, 0.5) is 5.69 Å². The number of nitrogens with zero attached hydrogens (tertiary/aromatic N) is 5. The molecule has 1 amide bonds. The van der Waals surface area contributed by atoms with Crippen LogP contribution in [0.3, 0.4) is 0 Å². The van der Waals surface area contributed by atoms with Crippen molar-refractivity contribution in [2.24, 2.45) is 7.05 Å². The molecule has 0 radical (unpaired) electrons. The van der Waals surface area contributed by atoms with E-state index in [0.717, 1.165) is 22.3 Å². The first-order valence-electron chi connectivity index (χ1n) is 9.62. The Morgan fingerprint density at radius 2 is 1.97 bits per heavy atom. The van der Waals surface area contributed by atoms with Crippen molar-refractivity contribution in [2.45, 2.75) is 26.2 Å². The number of aromatic nitrogens is 4. The summed E-state index contributed by atoms with van der Waals surface area (Å²) in [5, 5.41) is 4.14. The molecular weight excluding hydrogens is 366 g/mol. The third-order valence-corrected chi connectivity index (χ3v) is 5.70. The van der Waals surface area contributed by atoms with Crippen molar-refractivity contribution in [2.75, 3.05) is 11.4 Å². The van der Waals surface area contributed by atoms with Crippen molar-refractivity contribution >= 4 is 22.6 Å². The third kappa shape index (κ3) is 2.99. The molecule has 0 aliphatic carbocycles. The quantitative estimate of drug-likeness (QED) is 0.535. The number of carbonyl (C=O) groups is 1. The fraction of sp³-hybridized carbons (Fsp3) is 0.273. The molecule has 1 aliphatic rings. The Morgan fingerprint density at radius 1 is 1.10 bits per heavy atom. The number of hydrogen-bond acceptors (Lipinski definition) is 5. The minimum absolute atomic E-state index is 0.0768. The molecule has 1 saturated heterocycles. The molecule has 0 spiro atoms. The molecule has 0 unspecified atom stereocenters. The summed E-state index contributed by atoms with van der Waals surface area (Å²) in [6.07, 6.45) is 2.15. The Hall–Kier alpha value is -3.48. The number of carbonyl (C=O) groups excluding carboxylic acids is 1. The summed E-state index contributed by atoms with van der Waals surface area (Å²) in [4.78, 5) is 23.4. The summed E-state index contributed by atoms with van der Waals surface area (Å²) < 4.78 is 7.49. The monoisotopic (exact) mass is 387 g/mol. The van der Waals surface area contributed by atoms with Crippen LogP contribution in [0.15, 0.2) is 47.2 Å². The summed E-state index contributed by atoms with van der Waals surface area (Å²) in [6.45, 7) is 4.66. The highest BCUT2D eigenvalue weighted by Crippen LogP contribution is 2.33. The Morgan fingerprint density at radius 3 is 2.79 bits per heavy atom. The van der Waals surface area contributed by atoms with E-state index >= 15 is 0 Å². The predicted octanol–water partition coefficient (Wildman–Crippen LogP) is 3.76. The summed E-state index contributed by atoms with van der Waals surface area (Å²) in [5.74, 6) is 0.988. The SMILES string of the molecule is Cc1ccc(N2C[C@@H](c3nc(-c4ccc5c(c4)ncn5C)no3)CC2=O)cc1C. The van der Waals surface area contributed by atoms with Crippen molar-refractivity contribution in [1.82, 2.24) is 19.7 Å². The third-order valence-electron chi connectivity index (χ3n) is 5.70. The minimum atomic E-state index is -0.107. The van der Waals surface area contributed by atoms with Crippen LogP contribution in [0, 0.1) is 13.8 Å². The topological polar surface area (TPSA) is 77.1 Å². The number of aryl methyl sites for hydroxylation is 3. The zero-order valence-corrected chi connectivity index (χ0v) is 16.6. The largest absolute Gasteiger partial charge is 0.339 e. The van der Waals surface area contributed by atoms with Crippen LogP contribution in [-0.4, -0.2) is 32.1 Å². The molecule has 1 aliphatic heterocycles. The first kappa shape index (κ1) is 17.6. The van der Waals surface area contributed by atoms with Crippen molar-refractivity contribution in [3.05, 3.63) is 59.7 Å². The van der Waals surface area contributed by atoms with Gasteiger partial charge in [0.15, 0.2) is 0 Å². The lowest BCUT2D eigenvalue weighted by Crippen LogP contribution is -2.24. The maximum Gasteiger partial charge on any atom is 0.232 e. The van der Waals surface area contributed by atoms with Crippen molar-refractivity contribution in [3.63, 3.8) is 0 Å². The van der Waals surface area contributed by atoms with Gasteiger partial charge >= 0.3 is 0 Å². The lowest BCUT2D eigenvalue weighted by Gasteiger charge is -2.17. The van der Waals surface area contributed by atoms with Gasteiger partial charge in [0.05, 0.1) is 23.3 Å². The highest BCUT2D eigenvalue weighted by atomic mass is 16.5. The van der Waals surface area contributed by atoms with E-state index in [0.29, 0.717) is 24.7 Å². The maximum atomic E-state index is 12.6. The van der Waals surface area contributed by atoms with E-state index in [1.54, 1.807) is 11.2 Å². The average Bonchev–Trinajstić information content (AvgIpc) is 3.43. The number of benzene rings is 2. The number of rotatable bonds is 3. The molecular formula is C22H21N5O2. The lowest BCUT2D eigenvalue weighted by molar-refractivity contribution is -0.117. The second-order valence-corrected chi connectivity index (χ2v) is 7.69. The standard InChI is InChI=1S/C22H21N5O2/c1-13-4-6-17(8-14(13)2)27-11-16(10-20(27)28)22-24-21(25-29-22)15-5-7-19-18(9-15)23-12-26(19)3/h4-9,12,16H,10-11H2,1-3H3/t16-/m0/s1. The normalized spacial score (nSPS) is 16.9. The van der Waals surface area contributed by atoms with Gasteiger partial charge in [-0.05, 0) is 55.3 Å². The highest BCUT2D eigenvalue weighted by Gasteiger charge is 2.35. The van der Waals surface area contributed by atoms with Gasteiger partial charge in [-0.2, -0.15) is 4.98 Å². The number of anilines is 1. The van der Waals surface area contributed by atoms with Crippen LogP contribution in [0.2, 0.25) is 0 Å². The molecule has 5 rings (SSSR count). The van der Waals surface area contributed by atoms with Crippen LogP contribution in [0.1, 0.15) is 29.4 Å². The van der Waals surface area contributed by atoms with Gasteiger partial charge in [-0.1, -0.05) is 11.2 Å². The van der Waals surface area contributed by atoms with Crippen LogP contribution in [-0.2, 0) is 11.8 Å². The molecule has 1 fully saturated rings. The van der Waals surface area contributed by atoms with E-state index in [9.17, 15) is 4.79 Å². The van der Waals surface area contributed by atoms with Crippen molar-refractivity contribution in [1.29, 1.82) is 0 Å². The first-order chi connectivity index (χ1) is 14.0. The number of hydrogen-bond donors (Lipinski definition) is 0. The molecule has 29 heavy (non-hydrogen) atoms. The zero-order valence-electron chi connectivity index (χ0n) is 16.6. The zero-order chi connectivity index (χ0) is 20.1. The fourth-order valence-corrected chi connectivity index (χ4v) is 3.81. The summed E-state index contributed by atoms with van der Waals surface area (Å²) in [5.41, 5.74) is 6.07. The second kappa shape index (κ2) is 6.55.